The van der Waals surface area contributed by atoms with Gasteiger partial charge < -0.3 is 14.5 Å². The molecule has 2 aliphatic rings. The standard InChI is InChI=1S/C20H24ClF3N4O2S/c1-18(2,3)30-17(29)28-7-5-19(11-28)4-6-27(10-19)14-13-8-12(9-20(22,23)24)31-15(13)26-16(21)25-14/h8H,4-7,9-11H2,1-3H3. The van der Waals surface area contributed by atoms with E-state index < -0.39 is 18.2 Å². The average molecular weight is 477 g/mol. The number of hydrogen-bond acceptors (Lipinski definition) is 6. The quantitative estimate of drug-likeness (QED) is 0.551. The number of nitrogens with zero attached hydrogens (tertiary/aromatic N) is 4. The molecule has 1 atom stereocenters. The number of halogens is 4. The van der Waals surface area contributed by atoms with Crippen molar-refractivity contribution in [2.24, 2.45) is 5.41 Å². The van der Waals surface area contributed by atoms with Crippen molar-refractivity contribution < 1.29 is 22.7 Å². The Balaban J connectivity index is 1.53. The Labute approximate surface area is 187 Å². The fourth-order valence-corrected chi connectivity index (χ4v) is 5.59. The maximum atomic E-state index is 12.8. The second kappa shape index (κ2) is 7.65. The number of carbonyl (C=O) groups excluding carboxylic acids is 1. The molecule has 31 heavy (non-hydrogen) atoms. The van der Waals surface area contributed by atoms with Crippen LogP contribution in [0.5, 0.6) is 0 Å². The highest BCUT2D eigenvalue weighted by Crippen LogP contribution is 2.43. The Morgan fingerprint density at radius 2 is 1.94 bits per heavy atom. The van der Waals surface area contributed by atoms with Crippen molar-refractivity contribution >= 4 is 45.1 Å². The zero-order valence-corrected chi connectivity index (χ0v) is 19.1. The van der Waals surface area contributed by atoms with E-state index in [1.165, 1.54) is 6.07 Å². The molecule has 0 saturated carbocycles. The molecule has 4 rings (SSSR count). The number of carbonyl (C=O) groups is 1. The molecular weight excluding hydrogens is 453 g/mol. The summed E-state index contributed by atoms with van der Waals surface area (Å²) in [5.41, 5.74) is -0.642. The lowest BCUT2D eigenvalue weighted by molar-refractivity contribution is -0.126. The predicted molar refractivity (Wildman–Crippen MR) is 114 cm³/mol. The average Bonchev–Trinajstić information content (AvgIpc) is 3.30. The predicted octanol–water partition coefficient (Wildman–Crippen LogP) is 5.29. The van der Waals surface area contributed by atoms with Gasteiger partial charge in [0.2, 0.25) is 5.28 Å². The normalized spacial score (nSPS) is 22.2. The third kappa shape index (κ3) is 5.00. The van der Waals surface area contributed by atoms with Gasteiger partial charge in [0.15, 0.2) is 0 Å². The minimum Gasteiger partial charge on any atom is -0.444 e. The monoisotopic (exact) mass is 476 g/mol. The van der Waals surface area contributed by atoms with Gasteiger partial charge in [0.25, 0.3) is 0 Å². The number of anilines is 1. The van der Waals surface area contributed by atoms with Gasteiger partial charge >= 0.3 is 12.3 Å². The first-order chi connectivity index (χ1) is 14.3. The zero-order chi connectivity index (χ0) is 22.6. The Kier molecular flexibility index (Phi) is 5.53. The molecule has 1 amide bonds. The molecule has 0 bridgehead atoms. The van der Waals surface area contributed by atoms with Crippen LogP contribution in [-0.2, 0) is 11.2 Å². The number of amides is 1. The van der Waals surface area contributed by atoms with Gasteiger partial charge in [-0.25, -0.2) is 9.78 Å². The van der Waals surface area contributed by atoms with Crippen molar-refractivity contribution in [1.82, 2.24) is 14.9 Å². The molecule has 6 nitrogen and oxygen atoms in total. The summed E-state index contributed by atoms with van der Waals surface area (Å²) in [5, 5.41) is 0.610. The van der Waals surface area contributed by atoms with Gasteiger partial charge in [-0.2, -0.15) is 18.2 Å². The maximum Gasteiger partial charge on any atom is 0.410 e. The fraction of sp³-hybridized carbons (Fsp3) is 0.650. The molecule has 170 valence electrons. The van der Waals surface area contributed by atoms with Crippen LogP contribution in [0.25, 0.3) is 10.2 Å². The Morgan fingerprint density at radius 1 is 1.23 bits per heavy atom. The number of hydrogen-bond donors (Lipinski definition) is 0. The summed E-state index contributed by atoms with van der Waals surface area (Å²) in [5.74, 6) is 0.562. The molecule has 0 aliphatic carbocycles. The van der Waals surface area contributed by atoms with Crippen molar-refractivity contribution in [3.63, 3.8) is 0 Å². The SMILES string of the molecule is CC(C)(C)OC(=O)N1CCC2(CCN(c3nc(Cl)nc4sc(CC(F)(F)F)cc34)C2)C1. The highest BCUT2D eigenvalue weighted by Gasteiger charge is 2.46. The molecule has 0 aromatic carbocycles. The summed E-state index contributed by atoms with van der Waals surface area (Å²) in [6, 6.07) is 1.52. The van der Waals surface area contributed by atoms with E-state index in [4.69, 9.17) is 16.3 Å². The molecule has 2 aromatic rings. The van der Waals surface area contributed by atoms with E-state index in [2.05, 4.69) is 14.9 Å². The minimum atomic E-state index is -4.29. The Bertz CT molecular complexity index is 1010. The zero-order valence-electron chi connectivity index (χ0n) is 17.6. The van der Waals surface area contributed by atoms with Gasteiger partial charge in [-0.05, 0) is 51.3 Å². The molecule has 1 spiro atoms. The van der Waals surface area contributed by atoms with Crippen LogP contribution in [0.2, 0.25) is 5.28 Å². The summed E-state index contributed by atoms with van der Waals surface area (Å²) in [7, 11) is 0. The third-order valence-corrected chi connectivity index (χ3v) is 6.80. The summed E-state index contributed by atoms with van der Waals surface area (Å²) in [4.78, 5) is 25.4. The van der Waals surface area contributed by atoms with E-state index in [9.17, 15) is 18.0 Å². The molecule has 2 saturated heterocycles. The molecule has 0 radical (unpaired) electrons. The van der Waals surface area contributed by atoms with Gasteiger partial charge in [0.05, 0.1) is 11.8 Å². The topological polar surface area (TPSA) is 58.6 Å². The van der Waals surface area contributed by atoms with E-state index in [0.29, 0.717) is 42.2 Å². The van der Waals surface area contributed by atoms with Crippen LogP contribution in [0.4, 0.5) is 23.8 Å². The van der Waals surface area contributed by atoms with Gasteiger partial charge in [0.1, 0.15) is 16.2 Å². The molecule has 2 aliphatic heterocycles. The van der Waals surface area contributed by atoms with E-state index in [1.54, 1.807) is 4.90 Å². The number of alkyl halides is 3. The van der Waals surface area contributed by atoms with Crippen LogP contribution in [-0.4, -0.2) is 58.9 Å². The number of likely N-dealkylation sites (tertiary alicyclic amines) is 1. The molecule has 11 heteroatoms. The van der Waals surface area contributed by atoms with Crippen LogP contribution < -0.4 is 4.90 Å². The smallest absolute Gasteiger partial charge is 0.410 e. The summed E-state index contributed by atoms with van der Waals surface area (Å²) in [6.07, 6.45) is -3.90. The maximum absolute atomic E-state index is 12.8. The van der Waals surface area contributed by atoms with E-state index in [1.807, 2.05) is 20.8 Å². The molecule has 2 aromatic heterocycles. The van der Waals surface area contributed by atoms with Crippen molar-refractivity contribution in [3.05, 3.63) is 16.2 Å². The summed E-state index contributed by atoms with van der Waals surface area (Å²) < 4.78 is 44.0. The number of aromatic nitrogens is 2. The minimum absolute atomic E-state index is 0.0191. The van der Waals surface area contributed by atoms with E-state index >= 15 is 0 Å². The highest BCUT2D eigenvalue weighted by atomic mass is 35.5. The van der Waals surface area contributed by atoms with Crippen LogP contribution >= 0.6 is 22.9 Å². The molecule has 1 unspecified atom stereocenters. The molecular formula is C20H24ClF3N4O2S. The van der Waals surface area contributed by atoms with Gasteiger partial charge in [0, 0.05) is 36.5 Å². The number of fused-ring (bicyclic) bond motifs is 1. The van der Waals surface area contributed by atoms with Crippen molar-refractivity contribution in [2.45, 2.75) is 51.8 Å². The molecule has 2 fully saturated rings. The van der Waals surface area contributed by atoms with Crippen LogP contribution in [0.3, 0.4) is 0 Å². The summed E-state index contributed by atoms with van der Waals surface area (Å²) in [6.45, 7) is 8.07. The van der Waals surface area contributed by atoms with Crippen LogP contribution in [0, 0.1) is 5.41 Å². The van der Waals surface area contributed by atoms with Gasteiger partial charge in [-0.15, -0.1) is 11.3 Å². The van der Waals surface area contributed by atoms with Gasteiger partial charge in [-0.1, -0.05) is 0 Å². The lowest BCUT2D eigenvalue weighted by Crippen LogP contribution is -2.37. The summed E-state index contributed by atoms with van der Waals surface area (Å²) >= 11 is 7.08. The molecule has 4 heterocycles. The van der Waals surface area contributed by atoms with Crippen LogP contribution in [0.15, 0.2) is 6.07 Å². The fourth-order valence-electron chi connectivity index (χ4n) is 4.32. The third-order valence-electron chi connectivity index (χ3n) is 5.60. The second-order valence-electron chi connectivity index (χ2n) is 9.36. The van der Waals surface area contributed by atoms with Crippen LogP contribution in [0.1, 0.15) is 38.5 Å². The Morgan fingerprint density at radius 3 is 2.61 bits per heavy atom. The van der Waals surface area contributed by atoms with Crippen molar-refractivity contribution in [1.29, 1.82) is 0 Å². The first kappa shape index (κ1) is 22.4. The number of rotatable bonds is 2. The molecule has 0 N–H and O–H groups in total. The lowest BCUT2D eigenvalue weighted by atomic mass is 9.86. The van der Waals surface area contributed by atoms with Crippen molar-refractivity contribution in [2.75, 3.05) is 31.1 Å². The van der Waals surface area contributed by atoms with Gasteiger partial charge in [-0.3, -0.25) is 0 Å². The lowest BCUT2D eigenvalue weighted by Gasteiger charge is -2.27. The van der Waals surface area contributed by atoms with Crippen molar-refractivity contribution in [3.8, 4) is 0 Å². The van der Waals surface area contributed by atoms with E-state index in [0.717, 1.165) is 24.2 Å². The second-order valence-corrected chi connectivity index (χ2v) is 10.8. The first-order valence-electron chi connectivity index (χ1n) is 10.1. The Hall–Kier alpha value is -1.81. The largest absolute Gasteiger partial charge is 0.444 e. The van der Waals surface area contributed by atoms with E-state index in [-0.39, 0.29) is 21.7 Å². The highest BCUT2D eigenvalue weighted by molar-refractivity contribution is 7.18. The number of thiophene rings is 1. The first-order valence-corrected chi connectivity index (χ1v) is 11.3. The number of ether oxygens (including phenoxy) is 1.